The number of anilines is 4. The van der Waals surface area contributed by atoms with Crippen molar-refractivity contribution in [2.75, 3.05) is 10.2 Å². The van der Waals surface area contributed by atoms with Gasteiger partial charge in [0.2, 0.25) is 5.91 Å². The number of amides is 1. The molecule has 0 spiro atoms. The molecule has 5 aromatic rings. The van der Waals surface area contributed by atoms with Crippen LogP contribution in [0.5, 0.6) is 0 Å². The molecule has 0 fully saturated rings. The summed E-state index contributed by atoms with van der Waals surface area (Å²) in [6.45, 7) is 3.36. The van der Waals surface area contributed by atoms with Gasteiger partial charge in [-0.25, -0.2) is 4.98 Å². The fourth-order valence-electron chi connectivity index (χ4n) is 4.21. The molecule has 0 unspecified atom stereocenters. The van der Waals surface area contributed by atoms with Crippen molar-refractivity contribution in [3.8, 4) is 5.69 Å². The SMILES string of the molecule is CC(=O)N(c1ccccc1)c1cc2c(=O)cc(Nc3ccccc3)n(-c3ccccc3)c2nc1C. The van der Waals surface area contributed by atoms with Crippen LogP contribution in [0.15, 0.2) is 108 Å². The van der Waals surface area contributed by atoms with Crippen LogP contribution in [0.1, 0.15) is 12.6 Å². The van der Waals surface area contributed by atoms with Gasteiger partial charge in [-0.2, -0.15) is 0 Å². The second kappa shape index (κ2) is 9.27. The molecular weight excluding hydrogens is 436 g/mol. The number of carbonyl (C=O) groups excluding carboxylic acids is 1. The van der Waals surface area contributed by atoms with Crippen LogP contribution >= 0.6 is 0 Å². The number of para-hydroxylation sites is 3. The van der Waals surface area contributed by atoms with Crippen molar-refractivity contribution >= 4 is 39.8 Å². The normalized spacial score (nSPS) is 10.8. The molecule has 1 N–H and O–H groups in total. The van der Waals surface area contributed by atoms with E-state index in [2.05, 4.69) is 5.32 Å². The van der Waals surface area contributed by atoms with Gasteiger partial charge in [0.05, 0.1) is 16.8 Å². The van der Waals surface area contributed by atoms with Crippen molar-refractivity contribution in [2.45, 2.75) is 13.8 Å². The van der Waals surface area contributed by atoms with Crippen LogP contribution in [-0.4, -0.2) is 15.5 Å². The molecule has 0 aliphatic carbocycles. The zero-order chi connectivity index (χ0) is 24.4. The van der Waals surface area contributed by atoms with Gasteiger partial charge in [-0.3, -0.25) is 19.1 Å². The van der Waals surface area contributed by atoms with Gasteiger partial charge in [0, 0.05) is 30.1 Å². The highest BCUT2D eigenvalue weighted by Crippen LogP contribution is 2.32. The minimum absolute atomic E-state index is 0.161. The van der Waals surface area contributed by atoms with Crippen molar-refractivity contribution < 1.29 is 4.79 Å². The van der Waals surface area contributed by atoms with Gasteiger partial charge in [-0.05, 0) is 49.4 Å². The molecule has 2 heterocycles. The van der Waals surface area contributed by atoms with Crippen LogP contribution in [0.2, 0.25) is 0 Å². The Bertz CT molecular complexity index is 1560. The minimum Gasteiger partial charge on any atom is -0.341 e. The van der Waals surface area contributed by atoms with E-state index in [9.17, 15) is 9.59 Å². The number of hydrogen-bond acceptors (Lipinski definition) is 4. The number of aromatic nitrogens is 2. The molecule has 6 heteroatoms. The largest absolute Gasteiger partial charge is 0.341 e. The summed E-state index contributed by atoms with van der Waals surface area (Å²) in [5.41, 5.74) is 3.98. The second-order valence-corrected chi connectivity index (χ2v) is 8.21. The van der Waals surface area contributed by atoms with E-state index < -0.39 is 0 Å². The zero-order valence-electron chi connectivity index (χ0n) is 19.5. The van der Waals surface area contributed by atoms with Gasteiger partial charge in [0.1, 0.15) is 11.5 Å². The summed E-state index contributed by atoms with van der Waals surface area (Å²) in [4.78, 5) is 32.5. The van der Waals surface area contributed by atoms with E-state index in [1.807, 2.05) is 102 Å². The summed E-state index contributed by atoms with van der Waals surface area (Å²) in [6, 6.07) is 32.2. The maximum absolute atomic E-state index is 13.4. The Morgan fingerprint density at radius 1 is 0.857 bits per heavy atom. The lowest BCUT2D eigenvalue weighted by Crippen LogP contribution is -2.24. The van der Waals surface area contributed by atoms with Crippen LogP contribution in [0.3, 0.4) is 0 Å². The highest BCUT2D eigenvalue weighted by Gasteiger charge is 2.21. The molecular formula is C29H24N4O2. The predicted octanol–water partition coefficient (Wildman–Crippen LogP) is 6.12. The third-order valence-corrected chi connectivity index (χ3v) is 5.78. The average molecular weight is 461 g/mol. The molecule has 2 aromatic heterocycles. The number of nitrogens with zero attached hydrogens (tertiary/aromatic N) is 3. The Morgan fingerprint density at radius 2 is 1.46 bits per heavy atom. The average Bonchev–Trinajstić information content (AvgIpc) is 2.87. The van der Waals surface area contributed by atoms with Crippen molar-refractivity contribution in [2.24, 2.45) is 0 Å². The number of nitrogens with one attached hydrogen (secondary N) is 1. The monoisotopic (exact) mass is 460 g/mol. The first-order valence-corrected chi connectivity index (χ1v) is 11.3. The third kappa shape index (κ3) is 4.29. The van der Waals surface area contributed by atoms with E-state index in [4.69, 9.17) is 4.98 Å². The number of hydrogen-bond donors (Lipinski definition) is 1. The summed E-state index contributed by atoms with van der Waals surface area (Å²) >= 11 is 0. The Balaban J connectivity index is 1.77. The van der Waals surface area contributed by atoms with Crippen LogP contribution in [0.25, 0.3) is 16.7 Å². The molecule has 6 nitrogen and oxygen atoms in total. The highest BCUT2D eigenvalue weighted by atomic mass is 16.2. The van der Waals surface area contributed by atoms with Crippen LogP contribution in [0, 0.1) is 6.92 Å². The minimum atomic E-state index is -0.184. The number of carbonyl (C=O) groups is 1. The maximum Gasteiger partial charge on any atom is 0.228 e. The molecule has 3 aromatic carbocycles. The Kier molecular flexibility index (Phi) is 5.85. The lowest BCUT2D eigenvalue weighted by atomic mass is 10.1. The van der Waals surface area contributed by atoms with Gasteiger partial charge in [-0.1, -0.05) is 54.6 Å². The van der Waals surface area contributed by atoms with Crippen molar-refractivity contribution in [1.82, 2.24) is 9.55 Å². The molecule has 172 valence electrons. The number of pyridine rings is 2. The molecule has 0 bridgehead atoms. The predicted molar refractivity (Wildman–Crippen MR) is 141 cm³/mol. The highest BCUT2D eigenvalue weighted by molar-refractivity contribution is 6.01. The second-order valence-electron chi connectivity index (χ2n) is 8.21. The third-order valence-electron chi connectivity index (χ3n) is 5.78. The lowest BCUT2D eigenvalue weighted by molar-refractivity contribution is -0.115. The summed E-state index contributed by atoms with van der Waals surface area (Å²) in [5.74, 6) is 0.442. The summed E-state index contributed by atoms with van der Waals surface area (Å²) in [6.07, 6.45) is 0. The first-order chi connectivity index (χ1) is 17.0. The molecule has 0 atom stereocenters. The fourth-order valence-corrected chi connectivity index (χ4v) is 4.21. The summed E-state index contributed by atoms with van der Waals surface area (Å²) < 4.78 is 1.93. The van der Waals surface area contributed by atoms with Gasteiger partial charge >= 0.3 is 0 Å². The molecule has 0 radical (unpaired) electrons. The van der Waals surface area contributed by atoms with E-state index >= 15 is 0 Å². The number of benzene rings is 3. The van der Waals surface area contributed by atoms with Crippen molar-refractivity contribution in [3.05, 3.63) is 119 Å². The van der Waals surface area contributed by atoms with Gasteiger partial charge < -0.3 is 5.32 Å². The van der Waals surface area contributed by atoms with E-state index in [-0.39, 0.29) is 11.3 Å². The van der Waals surface area contributed by atoms with Gasteiger partial charge in [0.25, 0.3) is 0 Å². The fraction of sp³-hybridized carbons (Fsp3) is 0.0690. The van der Waals surface area contributed by atoms with E-state index in [0.29, 0.717) is 28.2 Å². The van der Waals surface area contributed by atoms with Crippen molar-refractivity contribution in [1.29, 1.82) is 0 Å². The first kappa shape index (κ1) is 22.1. The topological polar surface area (TPSA) is 67.2 Å². The van der Waals surface area contributed by atoms with E-state index in [1.165, 1.54) is 6.92 Å². The molecule has 0 aliphatic rings. The maximum atomic E-state index is 13.4. The quantitative estimate of drug-likeness (QED) is 0.343. The first-order valence-electron chi connectivity index (χ1n) is 11.3. The van der Waals surface area contributed by atoms with Crippen molar-refractivity contribution in [3.63, 3.8) is 0 Å². The molecule has 0 saturated heterocycles. The molecule has 0 saturated carbocycles. The van der Waals surface area contributed by atoms with Gasteiger partial charge in [0.15, 0.2) is 5.43 Å². The van der Waals surface area contributed by atoms with Crippen LogP contribution in [0.4, 0.5) is 22.9 Å². The molecule has 5 rings (SSSR count). The molecule has 0 aliphatic heterocycles. The Morgan fingerprint density at radius 3 is 2.09 bits per heavy atom. The van der Waals surface area contributed by atoms with E-state index in [0.717, 1.165) is 17.1 Å². The number of rotatable bonds is 5. The molecule has 35 heavy (non-hydrogen) atoms. The Labute approximate surface area is 203 Å². The smallest absolute Gasteiger partial charge is 0.228 e. The number of aryl methyl sites for hydroxylation is 1. The zero-order valence-corrected chi connectivity index (χ0v) is 19.5. The van der Waals surface area contributed by atoms with Crippen LogP contribution < -0.4 is 15.6 Å². The summed E-state index contributed by atoms with van der Waals surface area (Å²) in [7, 11) is 0. The summed E-state index contributed by atoms with van der Waals surface area (Å²) in [5, 5.41) is 3.79. The van der Waals surface area contributed by atoms with Crippen LogP contribution in [-0.2, 0) is 4.79 Å². The lowest BCUT2D eigenvalue weighted by Gasteiger charge is -2.24. The Hall–Kier alpha value is -4.71. The van der Waals surface area contributed by atoms with E-state index in [1.54, 1.807) is 17.0 Å². The standard InChI is InChI=1S/C29H24N4O2/c1-20-26(32(21(2)34)23-14-8-4-9-15-23)18-25-27(35)19-28(31-22-12-6-3-7-13-22)33(29(25)30-20)24-16-10-5-11-17-24/h3-19,31H,1-2H3. The number of fused-ring (bicyclic) bond motifs is 1. The molecule has 1 amide bonds. The van der Waals surface area contributed by atoms with Gasteiger partial charge in [-0.15, -0.1) is 0 Å².